The fourth-order valence-corrected chi connectivity index (χ4v) is 2.62. The number of fused-ring (bicyclic) bond motifs is 1. The van der Waals surface area contributed by atoms with Gasteiger partial charge in [0.25, 0.3) is 0 Å². The summed E-state index contributed by atoms with van der Waals surface area (Å²) in [6.07, 6.45) is 0.317. The minimum Gasteiger partial charge on any atom is -0.494 e. The highest BCUT2D eigenvalue weighted by molar-refractivity contribution is 5.98. The molecule has 2 aromatic rings. The number of nitrogens with one attached hydrogen (secondary N) is 1. The SMILES string of the molecule is CCOc1ccc(C(=O)CCC(=O)NCc2ccc3c(c2)OCO3)cc1. The summed E-state index contributed by atoms with van der Waals surface area (Å²) >= 11 is 0. The maximum atomic E-state index is 12.2. The Bertz CT molecular complexity index is 785. The van der Waals surface area contributed by atoms with Gasteiger partial charge >= 0.3 is 0 Å². The topological polar surface area (TPSA) is 73.9 Å². The van der Waals surface area contributed by atoms with Crippen molar-refractivity contribution in [3.05, 3.63) is 53.6 Å². The Labute approximate surface area is 152 Å². The summed E-state index contributed by atoms with van der Waals surface area (Å²) in [5, 5.41) is 2.82. The highest BCUT2D eigenvalue weighted by Gasteiger charge is 2.14. The molecule has 0 atom stereocenters. The Morgan fingerprint density at radius 3 is 2.58 bits per heavy atom. The molecule has 1 aliphatic heterocycles. The van der Waals surface area contributed by atoms with Crippen LogP contribution in [0.1, 0.15) is 35.7 Å². The van der Waals surface area contributed by atoms with E-state index >= 15 is 0 Å². The first-order valence-electron chi connectivity index (χ1n) is 8.57. The molecule has 0 aliphatic carbocycles. The Balaban J connectivity index is 1.44. The number of ether oxygens (including phenoxy) is 3. The van der Waals surface area contributed by atoms with Gasteiger partial charge in [0.05, 0.1) is 6.61 Å². The monoisotopic (exact) mass is 355 g/mol. The number of rotatable bonds is 8. The van der Waals surface area contributed by atoms with Gasteiger partial charge in [0, 0.05) is 24.9 Å². The van der Waals surface area contributed by atoms with Gasteiger partial charge in [-0.25, -0.2) is 0 Å². The van der Waals surface area contributed by atoms with Crippen molar-refractivity contribution in [2.75, 3.05) is 13.4 Å². The molecular weight excluding hydrogens is 334 g/mol. The molecule has 0 spiro atoms. The average molecular weight is 355 g/mol. The van der Waals surface area contributed by atoms with E-state index in [1.54, 1.807) is 24.3 Å². The third-order valence-electron chi connectivity index (χ3n) is 3.99. The van der Waals surface area contributed by atoms with Gasteiger partial charge in [-0.3, -0.25) is 9.59 Å². The summed E-state index contributed by atoms with van der Waals surface area (Å²) in [5.41, 5.74) is 1.50. The molecule has 1 amide bonds. The highest BCUT2D eigenvalue weighted by Crippen LogP contribution is 2.32. The summed E-state index contributed by atoms with van der Waals surface area (Å²) in [5.74, 6) is 1.89. The van der Waals surface area contributed by atoms with Crippen LogP contribution in [0.25, 0.3) is 0 Å². The second kappa shape index (κ2) is 8.38. The molecule has 0 bridgehead atoms. The molecule has 0 aromatic heterocycles. The predicted octanol–water partition coefficient (Wildman–Crippen LogP) is 3.09. The quantitative estimate of drug-likeness (QED) is 0.737. The van der Waals surface area contributed by atoms with Crippen LogP contribution in [-0.2, 0) is 11.3 Å². The summed E-state index contributed by atoms with van der Waals surface area (Å²) in [6.45, 7) is 3.09. The zero-order valence-corrected chi connectivity index (χ0v) is 14.6. The van der Waals surface area contributed by atoms with Crippen LogP contribution in [-0.4, -0.2) is 25.1 Å². The van der Waals surface area contributed by atoms with E-state index in [-0.39, 0.29) is 31.3 Å². The van der Waals surface area contributed by atoms with Gasteiger partial charge in [-0.15, -0.1) is 0 Å². The van der Waals surface area contributed by atoms with Gasteiger partial charge < -0.3 is 19.5 Å². The first kappa shape index (κ1) is 17.8. The molecule has 136 valence electrons. The summed E-state index contributed by atoms with van der Waals surface area (Å²) in [4.78, 5) is 24.2. The second-order valence-electron chi connectivity index (χ2n) is 5.84. The Hall–Kier alpha value is -3.02. The van der Waals surface area contributed by atoms with E-state index in [1.807, 2.05) is 25.1 Å². The number of Topliss-reactive ketones (excluding diaryl/α,β-unsaturated/α-hetero) is 1. The minimum atomic E-state index is -0.165. The molecular formula is C20H21NO5. The van der Waals surface area contributed by atoms with Gasteiger partial charge in [-0.2, -0.15) is 0 Å². The van der Waals surface area contributed by atoms with Crippen molar-refractivity contribution in [1.82, 2.24) is 5.32 Å². The molecule has 0 unspecified atom stereocenters. The van der Waals surface area contributed by atoms with E-state index in [0.717, 1.165) is 11.3 Å². The van der Waals surface area contributed by atoms with Crippen molar-refractivity contribution >= 4 is 11.7 Å². The molecule has 0 radical (unpaired) electrons. The van der Waals surface area contributed by atoms with Crippen molar-refractivity contribution < 1.29 is 23.8 Å². The number of ketones is 1. The predicted molar refractivity (Wildman–Crippen MR) is 95.6 cm³/mol. The largest absolute Gasteiger partial charge is 0.494 e. The molecule has 0 fully saturated rings. The number of hydrogen-bond donors (Lipinski definition) is 1. The Kier molecular flexibility index (Phi) is 5.73. The fourth-order valence-electron chi connectivity index (χ4n) is 2.62. The fraction of sp³-hybridized carbons (Fsp3) is 0.300. The van der Waals surface area contributed by atoms with Crippen LogP contribution in [0.5, 0.6) is 17.2 Å². The molecule has 0 saturated heterocycles. The normalized spacial score (nSPS) is 11.9. The lowest BCUT2D eigenvalue weighted by molar-refractivity contribution is -0.121. The lowest BCUT2D eigenvalue weighted by Gasteiger charge is -2.07. The van der Waals surface area contributed by atoms with Crippen LogP contribution >= 0.6 is 0 Å². The lowest BCUT2D eigenvalue weighted by atomic mass is 10.1. The molecule has 0 saturated carbocycles. The van der Waals surface area contributed by atoms with Gasteiger partial charge in [0.1, 0.15) is 5.75 Å². The van der Waals surface area contributed by atoms with Crippen LogP contribution in [0.3, 0.4) is 0 Å². The number of benzene rings is 2. The van der Waals surface area contributed by atoms with E-state index in [4.69, 9.17) is 14.2 Å². The third-order valence-corrected chi connectivity index (χ3v) is 3.99. The van der Waals surface area contributed by atoms with Gasteiger partial charge in [-0.05, 0) is 48.9 Å². The van der Waals surface area contributed by atoms with Crippen molar-refractivity contribution in [1.29, 1.82) is 0 Å². The summed E-state index contributed by atoms with van der Waals surface area (Å²) in [7, 11) is 0. The smallest absolute Gasteiger partial charge is 0.231 e. The average Bonchev–Trinajstić information content (AvgIpc) is 3.13. The lowest BCUT2D eigenvalue weighted by Crippen LogP contribution is -2.23. The van der Waals surface area contributed by atoms with E-state index in [0.29, 0.717) is 30.2 Å². The zero-order valence-electron chi connectivity index (χ0n) is 14.6. The van der Waals surface area contributed by atoms with Crippen LogP contribution in [0.4, 0.5) is 0 Å². The van der Waals surface area contributed by atoms with Gasteiger partial charge in [0.2, 0.25) is 12.7 Å². The minimum absolute atomic E-state index is 0.0636. The number of carbonyl (C=O) groups excluding carboxylic acids is 2. The molecule has 1 heterocycles. The first-order chi connectivity index (χ1) is 12.7. The number of hydrogen-bond acceptors (Lipinski definition) is 5. The van der Waals surface area contributed by atoms with Crippen LogP contribution in [0.2, 0.25) is 0 Å². The molecule has 2 aromatic carbocycles. The molecule has 6 heteroatoms. The van der Waals surface area contributed by atoms with Crippen LogP contribution < -0.4 is 19.5 Å². The van der Waals surface area contributed by atoms with Crippen molar-refractivity contribution in [2.45, 2.75) is 26.3 Å². The maximum absolute atomic E-state index is 12.2. The first-order valence-corrected chi connectivity index (χ1v) is 8.57. The zero-order chi connectivity index (χ0) is 18.4. The Morgan fingerprint density at radius 1 is 1.04 bits per heavy atom. The molecule has 6 nitrogen and oxygen atoms in total. The molecule has 1 aliphatic rings. The van der Waals surface area contributed by atoms with Crippen molar-refractivity contribution in [3.63, 3.8) is 0 Å². The number of carbonyl (C=O) groups is 2. The maximum Gasteiger partial charge on any atom is 0.231 e. The van der Waals surface area contributed by atoms with Crippen molar-refractivity contribution in [2.24, 2.45) is 0 Å². The van der Waals surface area contributed by atoms with E-state index in [1.165, 1.54) is 0 Å². The molecule has 3 rings (SSSR count). The summed E-state index contributed by atoms with van der Waals surface area (Å²) < 4.78 is 15.9. The molecule has 26 heavy (non-hydrogen) atoms. The van der Waals surface area contributed by atoms with Gasteiger partial charge in [0.15, 0.2) is 17.3 Å². The summed E-state index contributed by atoms with van der Waals surface area (Å²) in [6, 6.07) is 12.5. The van der Waals surface area contributed by atoms with E-state index in [2.05, 4.69) is 5.32 Å². The van der Waals surface area contributed by atoms with E-state index < -0.39 is 0 Å². The van der Waals surface area contributed by atoms with Crippen LogP contribution in [0.15, 0.2) is 42.5 Å². The Morgan fingerprint density at radius 2 is 1.81 bits per heavy atom. The van der Waals surface area contributed by atoms with E-state index in [9.17, 15) is 9.59 Å². The van der Waals surface area contributed by atoms with Crippen LogP contribution in [0, 0.1) is 0 Å². The highest BCUT2D eigenvalue weighted by atomic mass is 16.7. The van der Waals surface area contributed by atoms with Gasteiger partial charge in [-0.1, -0.05) is 6.07 Å². The molecule has 1 N–H and O–H groups in total. The van der Waals surface area contributed by atoms with Crippen molar-refractivity contribution in [3.8, 4) is 17.2 Å². The standard InChI is InChI=1S/C20H21NO5/c1-2-24-16-6-4-15(5-7-16)17(22)8-10-20(23)21-12-14-3-9-18-19(11-14)26-13-25-18/h3-7,9,11H,2,8,10,12-13H2,1H3,(H,21,23). The third kappa shape index (κ3) is 4.53. The number of amides is 1. The second-order valence-corrected chi connectivity index (χ2v) is 5.84.